The van der Waals surface area contributed by atoms with Crippen molar-refractivity contribution in [1.29, 1.82) is 0 Å². The van der Waals surface area contributed by atoms with Crippen LogP contribution in [0.4, 0.5) is 10.1 Å². The molecule has 17 heavy (non-hydrogen) atoms. The lowest BCUT2D eigenvalue weighted by atomic mass is 10.2. The lowest BCUT2D eigenvalue weighted by molar-refractivity contribution is -0.386. The smallest absolute Gasteiger partial charge is 0.311 e. The van der Waals surface area contributed by atoms with Crippen molar-refractivity contribution in [1.82, 2.24) is 0 Å². The predicted octanol–water partition coefficient (Wildman–Crippen LogP) is 2.03. The second kappa shape index (κ2) is 4.67. The van der Waals surface area contributed by atoms with Gasteiger partial charge in [0.25, 0.3) is 0 Å². The Bertz CT molecular complexity index is 437. The van der Waals surface area contributed by atoms with Crippen LogP contribution < -0.4 is 4.74 Å². The molecule has 1 aliphatic rings. The number of nitro benzene ring substituents is 1. The Kier molecular flexibility index (Phi) is 3.23. The summed E-state index contributed by atoms with van der Waals surface area (Å²) in [5, 5.41) is 20.3. The van der Waals surface area contributed by atoms with Crippen molar-refractivity contribution < 1.29 is 19.2 Å². The van der Waals surface area contributed by atoms with Gasteiger partial charge in [0, 0.05) is 12.1 Å². The van der Waals surface area contributed by atoms with Crippen LogP contribution in [0.5, 0.6) is 5.75 Å². The molecule has 0 aromatic heterocycles. The Morgan fingerprint density at radius 2 is 2.24 bits per heavy atom. The zero-order chi connectivity index (χ0) is 12.4. The SMILES string of the molecule is O=[N+]([O-])c1ccc(F)cc1OC1CCCC1O. The first kappa shape index (κ1) is 11.8. The summed E-state index contributed by atoms with van der Waals surface area (Å²) in [5.41, 5.74) is -0.287. The van der Waals surface area contributed by atoms with Crippen molar-refractivity contribution in [3.8, 4) is 5.75 Å². The number of aliphatic hydroxyl groups is 1. The fourth-order valence-corrected chi connectivity index (χ4v) is 1.94. The third-order valence-corrected chi connectivity index (χ3v) is 2.81. The zero-order valence-corrected chi connectivity index (χ0v) is 9.01. The van der Waals surface area contributed by atoms with Crippen molar-refractivity contribution in [2.45, 2.75) is 31.5 Å². The van der Waals surface area contributed by atoms with Gasteiger partial charge >= 0.3 is 5.69 Å². The summed E-state index contributed by atoms with van der Waals surface area (Å²) in [6, 6.07) is 3.05. The molecule has 1 aromatic rings. The molecule has 0 spiro atoms. The highest BCUT2D eigenvalue weighted by Gasteiger charge is 2.29. The molecule has 0 amide bonds. The third kappa shape index (κ3) is 2.52. The number of rotatable bonds is 3. The minimum Gasteiger partial charge on any atom is -0.481 e. The van der Waals surface area contributed by atoms with Crippen LogP contribution in [0.2, 0.25) is 0 Å². The average Bonchev–Trinajstić information content (AvgIpc) is 2.64. The van der Waals surface area contributed by atoms with E-state index < -0.39 is 22.9 Å². The van der Waals surface area contributed by atoms with Gasteiger partial charge in [-0.3, -0.25) is 10.1 Å². The summed E-state index contributed by atoms with van der Waals surface area (Å²) >= 11 is 0. The predicted molar refractivity (Wildman–Crippen MR) is 57.3 cm³/mol. The van der Waals surface area contributed by atoms with E-state index in [0.29, 0.717) is 12.8 Å². The van der Waals surface area contributed by atoms with Crippen LogP contribution in [0.25, 0.3) is 0 Å². The topological polar surface area (TPSA) is 72.6 Å². The summed E-state index contributed by atoms with van der Waals surface area (Å²) < 4.78 is 18.3. The summed E-state index contributed by atoms with van der Waals surface area (Å²) in [5.74, 6) is -0.723. The van der Waals surface area contributed by atoms with E-state index in [1.54, 1.807) is 0 Å². The van der Waals surface area contributed by atoms with E-state index in [2.05, 4.69) is 0 Å². The van der Waals surface area contributed by atoms with Crippen LogP contribution in [0.3, 0.4) is 0 Å². The van der Waals surface area contributed by atoms with Gasteiger partial charge in [-0.2, -0.15) is 0 Å². The third-order valence-electron chi connectivity index (χ3n) is 2.81. The maximum Gasteiger partial charge on any atom is 0.311 e. The Hall–Kier alpha value is -1.69. The second-order valence-corrected chi connectivity index (χ2v) is 4.02. The zero-order valence-electron chi connectivity index (χ0n) is 9.01. The standard InChI is InChI=1S/C11H12FNO4/c12-7-4-5-8(13(15)16)11(6-7)17-10-3-1-2-9(10)14/h4-6,9-10,14H,1-3H2. The van der Waals surface area contributed by atoms with E-state index in [9.17, 15) is 19.6 Å². The summed E-state index contributed by atoms with van der Waals surface area (Å²) in [6.07, 6.45) is 0.894. The van der Waals surface area contributed by atoms with Crippen molar-refractivity contribution >= 4 is 5.69 Å². The Labute approximate surface area is 97.0 Å². The van der Waals surface area contributed by atoms with Crippen LogP contribution in [0, 0.1) is 15.9 Å². The fourth-order valence-electron chi connectivity index (χ4n) is 1.94. The Morgan fingerprint density at radius 1 is 1.47 bits per heavy atom. The van der Waals surface area contributed by atoms with Crippen molar-refractivity contribution in [3.63, 3.8) is 0 Å². The average molecular weight is 241 g/mol. The van der Waals surface area contributed by atoms with E-state index in [-0.39, 0.29) is 11.4 Å². The van der Waals surface area contributed by atoms with E-state index >= 15 is 0 Å². The highest BCUT2D eigenvalue weighted by Crippen LogP contribution is 2.32. The molecule has 2 unspecified atom stereocenters. The maximum atomic E-state index is 13.0. The molecular formula is C11H12FNO4. The van der Waals surface area contributed by atoms with E-state index in [0.717, 1.165) is 24.6 Å². The van der Waals surface area contributed by atoms with Gasteiger partial charge in [0.2, 0.25) is 0 Å². The molecule has 0 saturated heterocycles. The highest BCUT2D eigenvalue weighted by atomic mass is 19.1. The number of benzene rings is 1. The number of nitrogens with zero attached hydrogens (tertiary/aromatic N) is 1. The molecule has 2 rings (SSSR count). The molecular weight excluding hydrogens is 229 g/mol. The lowest BCUT2D eigenvalue weighted by Gasteiger charge is -2.16. The van der Waals surface area contributed by atoms with Gasteiger partial charge < -0.3 is 9.84 Å². The van der Waals surface area contributed by atoms with Gasteiger partial charge in [0.15, 0.2) is 5.75 Å². The molecule has 1 aliphatic carbocycles. The quantitative estimate of drug-likeness (QED) is 0.649. The molecule has 5 nitrogen and oxygen atoms in total. The number of halogens is 1. The van der Waals surface area contributed by atoms with Gasteiger partial charge in [-0.15, -0.1) is 0 Å². The van der Waals surface area contributed by atoms with Gasteiger partial charge in [-0.05, 0) is 25.3 Å². The second-order valence-electron chi connectivity index (χ2n) is 4.02. The first-order chi connectivity index (χ1) is 8.08. The minimum atomic E-state index is -0.641. The van der Waals surface area contributed by atoms with Crippen LogP contribution in [0.15, 0.2) is 18.2 Å². The van der Waals surface area contributed by atoms with Crippen molar-refractivity contribution in [2.75, 3.05) is 0 Å². The Morgan fingerprint density at radius 3 is 2.82 bits per heavy atom. The molecule has 1 N–H and O–H groups in total. The van der Waals surface area contributed by atoms with Gasteiger partial charge in [-0.25, -0.2) is 4.39 Å². The van der Waals surface area contributed by atoms with Crippen molar-refractivity contribution in [2.24, 2.45) is 0 Å². The number of ether oxygens (including phenoxy) is 1. The van der Waals surface area contributed by atoms with Crippen LogP contribution in [-0.2, 0) is 0 Å². The Balaban J connectivity index is 2.24. The molecule has 1 saturated carbocycles. The first-order valence-electron chi connectivity index (χ1n) is 5.36. The molecule has 0 heterocycles. The summed E-state index contributed by atoms with van der Waals surface area (Å²) in [4.78, 5) is 10.1. The molecule has 0 bridgehead atoms. The number of hydrogen-bond donors (Lipinski definition) is 1. The molecule has 1 fully saturated rings. The van der Waals surface area contributed by atoms with Crippen LogP contribution >= 0.6 is 0 Å². The van der Waals surface area contributed by atoms with Gasteiger partial charge in [-0.1, -0.05) is 0 Å². The molecule has 92 valence electrons. The summed E-state index contributed by atoms with van der Waals surface area (Å²) in [6.45, 7) is 0. The van der Waals surface area contributed by atoms with E-state index in [4.69, 9.17) is 4.74 Å². The van der Waals surface area contributed by atoms with E-state index in [1.165, 1.54) is 0 Å². The molecule has 2 atom stereocenters. The summed E-state index contributed by atoms with van der Waals surface area (Å²) in [7, 11) is 0. The molecule has 6 heteroatoms. The molecule has 0 radical (unpaired) electrons. The monoisotopic (exact) mass is 241 g/mol. The largest absolute Gasteiger partial charge is 0.481 e. The number of aliphatic hydroxyl groups excluding tert-OH is 1. The fraction of sp³-hybridized carbons (Fsp3) is 0.455. The van der Waals surface area contributed by atoms with Crippen LogP contribution in [0.1, 0.15) is 19.3 Å². The van der Waals surface area contributed by atoms with Gasteiger partial charge in [0.1, 0.15) is 11.9 Å². The van der Waals surface area contributed by atoms with Crippen LogP contribution in [-0.4, -0.2) is 22.2 Å². The highest BCUT2D eigenvalue weighted by molar-refractivity contribution is 5.46. The number of hydrogen-bond acceptors (Lipinski definition) is 4. The molecule has 0 aliphatic heterocycles. The lowest BCUT2D eigenvalue weighted by Crippen LogP contribution is -2.25. The minimum absolute atomic E-state index is 0.124. The van der Waals surface area contributed by atoms with Crippen molar-refractivity contribution in [3.05, 3.63) is 34.1 Å². The van der Waals surface area contributed by atoms with Gasteiger partial charge in [0.05, 0.1) is 11.0 Å². The van der Waals surface area contributed by atoms with E-state index in [1.807, 2.05) is 0 Å². The molecule has 1 aromatic carbocycles. The first-order valence-corrected chi connectivity index (χ1v) is 5.36. The normalized spacial score (nSPS) is 23.6. The maximum absolute atomic E-state index is 13.0. The number of nitro groups is 1.